The van der Waals surface area contributed by atoms with Crippen molar-refractivity contribution in [2.45, 2.75) is 51.6 Å². The van der Waals surface area contributed by atoms with E-state index in [9.17, 15) is 23.4 Å². The lowest BCUT2D eigenvalue weighted by molar-refractivity contribution is -0.137. The largest absolute Gasteiger partial charge is 0.416 e. The van der Waals surface area contributed by atoms with Gasteiger partial charge in [0.2, 0.25) is 0 Å². The van der Waals surface area contributed by atoms with Gasteiger partial charge in [-0.25, -0.2) is 0 Å². The summed E-state index contributed by atoms with van der Waals surface area (Å²) in [4.78, 5) is 1.87. The van der Waals surface area contributed by atoms with Crippen molar-refractivity contribution < 1.29 is 23.4 Å². The average Bonchev–Trinajstić information content (AvgIpc) is 2.78. The molecule has 3 nitrogen and oxygen atoms in total. The van der Waals surface area contributed by atoms with Crippen LogP contribution in [0.15, 0.2) is 24.3 Å². The Morgan fingerprint density at radius 2 is 1.91 bits per heavy atom. The molecular weight excluding hydrogens is 307 g/mol. The summed E-state index contributed by atoms with van der Waals surface area (Å²) in [5.74, 6) is 0. The summed E-state index contributed by atoms with van der Waals surface area (Å²) in [5, 5.41) is 20.2. The van der Waals surface area contributed by atoms with E-state index in [0.29, 0.717) is 25.1 Å². The van der Waals surface area contributed by atoms with Gasteiger partial charge in [-0.15, -0.1) is 0 Å². The Balaban J connectivity index is 2.23. The normalized spacial score (nSPS) is 24.9. The Bertz CT molecular complexity index is 539. The summed E-state index contributed by atoms with van der Waals surface area (Å²) in [5.41, 5.74) is -0.489. The zero-order valence-electron chi connectivity index (χ0n) is 13.6. The van der Waals surface area contributed by atoms with Gasteiger partial charge in [-0.05, 0) is 29.5 Å². The van der Waals surface area contributed by atoms with Gasteiger partial charge in [-0.3, -0.25) is 4.90 Å². The molecule has 1 aliphatic heterocycles. The first kappa shape index (κ1) is 18.2. The number of aliphatic hydroxyl groups is 2. The third-order valence-corrected chi connectivity index (χ3v) is 4.39. The molecule has 1 aromatic rings. The van der Waals surface area contributed by atoms with Crippen molar-refractivity contribution in [2.24, 2.45) is 5.41 Å². The smallest absolute Gasteiger partial charge is 0.392 e. The molecule has 0 bridgehead atoms. The summed E-state index contributed by atoms with van der Waals surface area (Å²) in [6.45, 7) is 6.39. The van der Waals surface area contributed by atoms with Gasteiger partial charge in [0.05, 0.1) is 17.8 Å². The number of aliphatic hydroxyl groups excluding tert-OH is 2. The van der Waals surface area contributed by atoms with Crippen LogP contribution in [0, 0.1) is 5.41 Å². The maximum Gasteiger partial charge on any atom is 0.416 e. The molecule has 3 unspecified atom stereocenters. The van der Waals surface area contributed by atoms with E-state index in [2.05, 4.69) is 0 Å². The standard InChI is InChI=1S/C17H24F3NO2/c1-16(2,3)15(23)10-21-9-13(22)8-14(21)11-5-4-6-12(7-11)17(18,19)20/h4-7,13-15,22-23H,8-10H2,1-3H3. The van der Waals surface area contributed by atoms with Crippen LogP contribution in [0.1, 0.15) is 44.4 Å². The van der Waals surface area contributed by atoms with E-state index in [0.717, 1.165) is 12.1 Å². The zero-order chi connectivity index (χ0) is 17.4. The summed E-state index contributed by atoms with van der Waals surface area (Å²) in [6, 6.07) is 4.90. The Morgan fingerprint density at radius 3 is 2.48 bits per heavy atom. The number of β-amino-alcohol motifs (C(OH)–C–C–N with tert-alkyl or cyclic N) is 2. The number of likely N-dealkylation sites (tertiary alicyclic amines) is 1. The van der Waals surface area contributed by atoms with Crippen LogP contribution < -0.4 is 0 Å². The van der Waals surface area contributed by atoms with E-state index in [1.165, 1.54) is 6.07 Å². The molecule has 2 rings (SSSR count). The molecule has 0 spiro atoms. The monoisotopic (exact) mass is 331 g/mol. The highest BCUT2D eigenvalue weighted by atomic mass is 19.4. The molecule has 23 heavy (non-hydrogen) atoms. The van der Waals surface area contributed by atoms with Crippen LogP contribution in [0.5, 0.6) is 0 Å². The number of rotatable bonds is 3. The van der Waals surface area contributed by atoms with Crippen molar-refractivity contribution in [3.63, 3.8) is 0 Å². The first-order valence-electron chi connectivity index (χ1n) is 7.76. The van der Waals surface area contributed by atoms with Gasteiger partial charge < -0.3 is 10.2 Å². The molecule has 3 atom stereocenters. The van der Waals surface area contributed by atoms with Crippen LogP contribution in [-0.4, -0.2) is 40.4 Å². The van der Waals surface area contributed by atoms with Crippen LogP contribution in [0.25, 0.3) is 0 Å². The zero-order valence-corrected chi connectivity index (χ0v) is 13.6. The van der Waals surface area contributed by atoms with Gasteiger partial charge in [0.1, 0.15) is 0 Å². The van der Waals surface area contributed by atoms with Gasteiger partial charge in [-0.2, -0.15) is 13.2 Å². The van der Waals surface area contributed by atoms with Crippen LogP contribution in [-0.2, 0) is 6.18 Å². The van der Waals surface area contributed by atoms with Crippen LogP contribution in [0.3, 0.4) is 0 Å². The maximum absolute atomic E-state index is 12.9. The second-order valence-corrected chi connectivity index (χ2v) is 7.36. The number of halogens is 3. The SMILES string of the molecule is CC(C)(C)C(O)CN1CC(O)CC1c1cccc(C(F)(F)F)c1. The lowest BCUT2D eigenvalue weighted by Gasteiger charge is -2.33. The number of alkyl halides is 3. The van der Waals surface area contributed by atoms with Crippen molar-refractivity contribution >= 4 is 0 Å². The molecule has 0 aliphatic carbocycles. The molecule has 0 radical (unpaired) electrons. The minimum atomic E-state index is -4.39. The van der Waals surface area contributed by atoms with E-state index in [-0.39, 0.29) is 11.5 Å². The van der Waals surface area contributed by atoms with E-state index < -0.39 is 23.9 Å². The van der Waals surface area contributed by atoms with Gasteiger partial charge in [0.25, 0.3) is 0 Å². The Labute approximate surface area is 134 Å². The molecular formula is C17H24F3NO2. The number of nitrogens with zero attached hydrogens (tertiary/aromatic N) is 1. The maximum atomic E-state index is 12.9. The minimum Gasteiger partial charge on any atom is -0.392 e. The molecule has 1 fully saturated rings. The summed E-state index contributed by atoms with van der Waals surface area (Å²) >= 11 is 0. The third-order valence-electron chi connectivity index (χ3n) is 4.39. The van der Waals surface area contributed by atoms with Gasteiger partial charge in [-0.1, -0.05) is 32.9 Å². The van der Waals surface area contributed by atoms with Crippen molar-refractivity contribution in [3.05, 3.63) is 35.4 Å². The van der Waals surface area contributed by atoms with Gasteiger partial charge in [0.15, 0.2) is 0 Å². The van der Waals surface area contributed by atoms with Crippen LogP contribution in [0.2, 0.25) is 0 Å². The Morgan fingerprint density at radius 1 is 1.26 bits per heavy atom. The van der Waals surface area contributed by atoms with Crippen LogP contribution >= 0.6 is 0 Å². The molecule has 1 aliphatic rings. The first-order chi connectivity index (χ1) is 10.5. The molecule has 0 saturated carbocycles. The second-order valence-electron chi connectivity index (χ2n) is 7.36. The quantitative estimate of drug-likeness (QED) is 0.894. The Hall–Kier alpha value is -1.11. The molecule has 2 N–H and O–H groups in total. The molecule has 0 aromatic heterocycles. The highest BCUT2D eigenvalue weighted by Crippen LogP contribution is 2.37. The van der Waals surface area contributed by atoms with Crippen molar-refractivity contribution in [3.8, 4) is 0 Å². The van der Waals surface area contributed by atoms with Crippen molar-refractivity contribution in [1.82, 2.24) is 4.90 Å². The Kier molecular flexibility index (Phi) is 5.09. The van der Waals surface area contributed by atoms with E-state index in [1.807, 2.05) is 25.7 Å². The summed E-state index contributed by atoms with van der Waals surface area (Å²) in [6.07, 6.45) is -5.23. The average molecular weight is 331 g/mol. The molecule has 1 saturated heterocycles. The third kappa shape index (κ3) is 4.46. The molecule has 6 heteroatoms. The molecule has 130 valence electrons. The predicted molar refractivity (Wildman–Crippen MR) is 81.8 cm³/mol. The molecule has 1 aromatic carbocycles. The van der Waals surface area contributed by atoms with Crippen molar-refractivity contribution in [1.29, 1.82) is 0 Å². The van der Waals surface area contributed by atoms with E-state index >= 15 is 0 Å². The second kappa shape index (κ2) is 6.42. The van der Waals surface area contributed by atoms with E-state index in [1.54, 1.807) is 6.07 Å². The minimum absolute atomic E-state index is 0.315. The molecule has 1 heterocycles. The fourth-order valence-electron chi connectivity index (χ4n) is 2.85. The fourth-order valence-corrected chi connectivity index (χ4v) is 2.85. The highest BCUT2D eigenvalue weighted by molar-refractivity contribution is 5.29. The lowest BCUT2D eigenvalue weighted by atomic mass is 9.88. The van der Waals surface area contributed by atoms with Gasteiger partial charge >= 0.3 is 6.18 Å². The predicted octanol–water partition coefficient (Wildman–Crippen LogP) is 3.22. The van der Waals surface area contributed by atoms with Crippen molar-refractivity contribution in [2.75, 3.05) is 13.1 Å². The van der Waals surface area contributed by atoms with E-state index in [4.69, 9.17) is 0 Å². The summed E-state index contributed by atoms with van der Waals surface area (Å²) < 4.78 is 38.7. The number of hydrogen-bond acceptors (Lipinski definition) is 3. The summed E-state index contributed by atoms with van der Waals surface area (Å²) in [7, 11) is 0. The number of hydrogen-bond donors (Lipinski definition) is 2. The highest BCUT2D eigenvalue weighted by Gasteiger charge is 2.37. The first-order valence-corrected chi connectivity index (χ1v) is 7.76. The molecule has 0 amide bonds. The lowest BCUT2D eigenvalue weighted by Crippen LogP contribution is -2.39. The number of benzene rings is 1. The van der Waals surface area contributed by atoms with Crippen LogP contribution in [0.4, 0.5) is 13.2 Å². The van der Waals surface area contributed by atoms with Gasteiger partial charge in [0, 0.05) is 19.1 Å². The topological polar surface area (TPSA) is 43.7 Å². The fraction of sp³-hybridized carbons (Fsp3) is 0.647.